The van der Waals surface area contributed by atoms with Crippen molar-refractivity contribution in [3.05, 3.63) is 48.3 Å². The lowest BCUT2D eigenvalue weighted by Gasteiger charge is -2.27. The molecular weight excluding hydrogens is 238 g/mol. The number of aliphatic hydroxyl groups excluding tert-OH is 1. The Kier molecular flexibility index (Phi) is 5.00. The van der Waals surface area contributed by atoms with Crippen LogP contribution in [0.15, 0.2) is 48.3 Å². The van der Waals surface area contributed by atoms with Crippen LogP contribution in [0.4, 0.5) is 0 Å². The van der Waals surface area contributed by atoms with E-state index in [1.165, 1.54) is 0 Å². The van der Waals surface area contributed by atoms with Crippen LogP contribution < -0.4 is 5.32 Å². The van der Waals surface area contributed by atoms with Crippen LogP contribution in [-0.2, 0) is 4.74 Å². The summed E-state index contributed by atoms with van der Waals surface area (Å²) in [6, 6.07) is 0.377. The summed E-state index contributed by atoms with van der Waals surface area (Å²) in [5.41, 5.74) is 0. The summed E-state index contributed by atoms with van der Waals surface area (Å²) in [6.07, 6.45) is 14.2. The zero-order valence-electron chi connectivity index (χ0n) is 11.6. The predicted octanol–water partition coefficient (Wildman–Crippen LogP) is 2.17. The first kappa shape index (κ1) is 14.1. The van der Waals surface area contributed by atoms with Crippen LogP contribution in [0.2, 0.25) is 0 Å². The second-order valence-corrected chi connectivity index (χ2v) is 5.35. The maximum Gasteiger partial charge on any atom is 0.115 e. The van der Waals surface area contributed by atoms with Gasteiger partial charge in [-0.1, -0.05) is 50.3 Å². The fourth-order valence-electron chi connectivity index (χ4n) is 2.25. The minimum Gasteiger partial charge on any atom is -0.495 e. The Morgan fingerprint density at radius 2 is 1.95 bits per heavy atom. The van der Waals surface area contributed by atoms with Gasteiger partial charge in [-0.05, 0) is 6.08 Å². The van der Waals surface area contributed by atoms with Gasteiger partial charge in [-0.15, -0.1) is 0 Å². The first-order valence-electron chi connectivity index (χ1n) is 6.94. The van der Waals surface area contributed by atoms with E-state index in [1.54, 1.807) is 0 Å². The molecule has 2 aliphatic carbocycles. The molecule has 0 aromatic rings. The van der Waals surface area contributed by atoms with Gasteiger partial charge in [0.1, 0.15) is 18.5 Å². The number of aliphatic hydroxyl groups is 1. The first-order valence-corrected chi connectivity index (χ1v) is 6.94. The van der Waals surface area contributed by atoms with Gasteiger partial charge in [-0.3, -0.25) is 0 Å². The van der Waals surface area contributed by atoms with Crippen LogP contribution in [0.25, 0.3) is 0 Å². The van der Waals surface area contributed by atoms with Crippen LogP contribution in [-0.4, -0.2) is 30.4 Å². The molecule has 0 radical (unpaired) electrons. The van der Waals surface area contributed by atoms with Crippen molar-refractivity contribution in [2.24, 2.45) is 11.8 Å². The normalized spacial score (nSPS) is 26.2. The fraction of sp³-hybridized carbons (Fsp3) is 0.500. The molecule has 3 atom stereocenters. The van der Waals surface area contributed by atoms with E-state index in [9.17, 15) is 5.11 Å². The Balaban J connectivity index is 1.82. The second kappa shape index (κ2) is 6.73. The van der Waals surface area contributed by atoms with Gasteiger partial charge < -0.3 is 15.2 Å². The molecular formula is C16H23NO2. The molecule has 2 rings (SSSR count). The molecule has 0 spiro atoms. The van der Waals surface area contributed by atoms with Crippen molar-refractivity contribution >= 4 is 0 Å². The Morgan fingerprint density at radius 3 is 2.74 bits per heavy atom. The van der Waals surface area contributed by atoms with Crippen LogP contribution in [0, 0.1) is 11.8 Å². The van der Waals surface area contributed by atoms with Gasteiger partial charge in [0.25, 0.3) is 0 Å². The molecule has 0 saturated heterocycles. The number of hydrogen-bond acceptors (Lipinski definition) is 3. The van der Waals surface area contributed by atoms with Crippen LogP contribution >= 0.6 is 0 Å². The highest BCUT2D eigenvalue weighted by Gasteiger charge is 2.24. The van der Waals surface area contributed by atoms with Crippen molar-refractivity contribution in [1.82, 2.24) is 5.32 Å². The highest BCUT2D eigenvalue weighted by molar-refractivity contribution is 5.31. The van der Waals surface area contributed by atoms with E-state index >= 15 is 0 Å². The lowest BCUT2D eigenvalue weighted by atomic mass is 9.84. The van der Waals surface area contributed by atoms with Crippen LogP contribution in [0.1, 0.15) is 13.8 Å². The molecule has 0 aromatic heterocycles. The fourth-order valence-corrected chi connectivity index (χ4v) is 2.25. The lowest BCUT2D eigenvalue weighted by Crippen LogP contribution is -2.34. The van der Waals surface area contributed by atoms with E-state index in [2.05, 4.69) is 43.5 Å². The highest BCUT2D eigenvalue weighted by atomic mass is 16.5. The van der Waals surface area contributed by atoms with Gasteiger partial charge in [0.15, 0.2) is 0 Å². The van der Waals surface area contributed by atoms with E-state index < -0.39 is 6.10 Å². The summed E-state index contributed by atoms with van der Waals surface area (Å²) in [6.45, 7) is 5.02. The SMILES string of the molecule is CC(C)NCC(O)COC1=CC=CC2C=CC=CC12. The Bertz CT molecular complexity index is 407. The van der Waals surface area contributed by atoms with Crippen molar-refractivity contribution in [3.8, 4) is 0 Å². The Hall–Kier alpha value is -1.32. The molecule has 3 heteroatoms. The third-order valence-corrected chi connectivity index (χ3v) is 3.30. The summed E-state index contributed by atoms with van der Waals surface area (Å²) in [4.78, 5) is 0. The number of allylic oxidation sites excluding steroid dienone is 7. The molecule has 0 heterocycles. The monoisotopic (exact) mass is 261 g/mol. The predicted molar refractivity (Wildman–Crippen MR) is 77.6 cm³/mol. The standard InChI is InChI=1S/C16H23NO2/c1-12(2)17-10-14(18)11-19-16-9-5-7-13-6-3-4-8-15(13)16/h3-9,12-15,17-18H,10-11H2,1-2H3. The maximum atomic E-state index is 9.86. The number of rotatable bonds is 6. The van der Waals surface area contributed by atoms with Crippen molar-refractivity contribution in [2.75, 3.05) is 13.2 Å². The molecule has 0 bridgehead atoms. The van der Waals surface area contributed by atoms with E-state index in [-0.39, 0.29) is 5.92 Å². The molecule has 3 nitrogen and oxygen atoms in total. The Morgan fingerprint density at radius 1 is 1.21 bits per heavy atom. The van der Waals surface area contributed by atoms with Crippen molar-refractivity contribution in [3.63, 3.8) is 0 Å². The van der Waals surface area contributed by atoms with Gasteiger partial charge >= 0.3 is 0 Å². The zero-order valence-corrected chi connectivity index (χ0v) is 11.6. The average Bonchev–Trinajstić information content (AvgIpc) is 2.42. The van der Waals surface area contributed by atoms with E-state index in [0.29, 0.717) is 25.1 Å². The minimum absolute atomic E-state index is 0.278. The van der Waals surface area contributed by atoms with E-state index in [4.69, 9.17) is 4.74 Å². The number of fused-ring (bicyclic) bond motifs is 1. The molecule has 0 fully saturated rings. The number of nitrogens with one attached hydrogen (secondary N) is 1. The molecule has 0 amide bonds. The molecule has 0 aromatic carbocycles. The third-order valence-electron chi connectivity index (χ3n) is 3.30. The molecule has 19 heavy (non-hydrogen) atoms. The summed E-state index contributed by atoms with van der Waals surface area (Å²) in [5.74, 6) is 1.60. The summed E-state index contributed by atoms with van der Waals surface area (Å²) in [5, 5.41) is 13.1. The largest absolute Gasteiger partial charge is 0.495 e. The van der Waals surface area contributed by atoms with Crippen molar-refractivity contribution < 1.29 is 9.84 Å². The zero-order chi connectivity index (χ0) is 13.7. The quantitative estimate of drug-likeness (QED) is 0.770. The van der Waals surface area contributed by atoms with Gasteiger partial charge in [-0.2, -0.15) is 0 Å². The molecule has 2 aliphatic rings. The smallest absolute Gasteiger partial charge is 0.115 e. The van der Waals surface area contributed by atoms with E-state index in [0.717, 1.165) is 5.76 Å². The topological polar surface area (TPSA) is 41.5 Å². The van der Waals surface area contributed by atoms with Crippen molar-refractivity contribution in [1.29, 1.82) is 0 Å². The number of ether oxygens (including phenoxy) is 1. The molecule has 3 unspecified atom stereocenters. The summed E-state index contributed by atoms with van der Waals surface area (Å²) < 4.78 is 5.78. The Labute approximate surface area is 115 Å². The summed E-state index contributed by atoms with van der Waals surface area (Å²) in [7, 11) is 0. The molecule has 2 N–H and O–H groups in total. The highest BCUT2D eigenvalue weighted by Crippen LogP contribution is 2.31. The third kappa shape index (κ3) is 4.08. The summed E-state index contributed by atoms with van der Waals surface area (Å²) >= 11 is 0. The van der Waals surface area contributed by atoms with E-state index in [1.807, 2.05) is 18.2 Å². The van der Waals surface area contributed by atoms with Crippen molar-refractivity contribution in [2.45, 2.75) is 26.0 Å². The van der Waals surface area contributed by atoms with Crippen LogP contribution in [0.3, 0.4) is 0 Å². The molecule has 0 saturated carbocycles. The maximum absolute atomic E-state index is 9.86. The second-order valence-electron chi connectivity index (χ2n) is 5.35. The van der Waals surface area contributed by atoms with Gasteiger partial charge in [0.2, 0.25) is 0 Å². The number of hydrogen-bond donors (Lipinski definition) is 2. The first-order chi connectivity index (χ1) is 9.16. The molecule has 0 aliphatic heterocycles. The minimum atomic E-state index is -0.476. The van der Waals surface area contributed by atoms with Gasteiger partial charge in [-0.25, -0.2) is 0 Å². The van der Waals surface area contributed by atoms with Crippen LogP contribution in [0.5, 0.6) is 0 Å². The molecule has 104 valence electrons. The lowest BCUT2D eigenvalue weighted by molar-refractivity contribution is 0.0601. The van der Waals surface area contributed by atoms with Gasteiger partial charge in [0.05, 0.1) is 0 Å². The van der Waals surface area contributed by atoms with Gasteiger partial charge in [0, 0.05) is 24.4 Å². The average molecular weight is 261 g/mol.